The quantitative estimate of drug-likeness (QED) is 0.471. The number of hydrazine groups is 1. The van der Waals surface area contributed by atoms with E-state index in [1.54, 1.807) is 18.2 Å². The van der Waals surface area contributed by atoms with Crippen LogP contribution >= 0.6 is 0 Å². The van der Waals surface area contributed by atoms with Crippen molar-refractivity contribution in [3.05, 3.63) is 42.1 Å². The van der Waals surface area contributed by atoms with Crippen LogP contribution in [0.5, 0.6) is 0 Å². The number of nitrogens with two attached hydrogens (primary N) is 2. The van der Waals surface area contributed by atoms with Gasteiger partial charge in [-0.25, -0.2) is 4.79 Å². The zero-order chi connectivity index (χ0) is 11.3. The highest BCUT2D eigenvalue weighted by Gasteiger charge is 2.06. The highest BCUT2D eigenvalue weighted by molar-refractivity contribution is 6.02. The van der Waals surface area contributed by atoms with Crippen LogP contribution in [0.1, 0.15) is 10.4 Å². The van der Waals surface area contributed by atoms with Gasteiger partial charge in [-0.3, -0.25) is 16.7 Å². The normalized spacial score (nSPS) is 9.20. The molecule has 78 valence electrons. The molecule has 0 aliphatic heterocycles. The predicted octanol–water partition coefficient (Wildman–Crippen LogP) is 0.752. The number of aromatic nitrogens is 1. The topological polar surface area (TPSA) is 102 Å². The van der Waals surface area contributed by atoms with Gasteiger partial charge in [-0.2, -0.15) is 0 Å². The highest BCUT2D eigenvalue weighted by atomic mass is 16.4. The molecule has 1 heterocycles. The lowest BCUT2D eigenvalue weighted by molar-refractivity contribution is 0.0699. The van der Waals surface area contributed by atoms with Crippen LogP contribution < -0.4 is 11.7 Å². The van der Waals surface area contributed by atoms with Gasteiger partial charge in [0.25, 0.3) is 0 Å². The van der Waals surface area contributed by atoms with E-state index in [9.17, 15) is 4.79 Å². The largest absolute Gasteiger partial charge is 0.478 e. The van der Waals surface area contributed by atoms with Gasteiger partial charge in [-0.15, -0.1) is 0 Å². The van der Waals surface area contributed by atoms with Gasteiger partial charge in [0.15, 0.2) is 0 Å². The molecule has 0 spiro atoms. The van der Waals surface area contributed by atoms with Gasteiger partial charge in [0.05, 0.1) is 11.1 Å². The Morgan fingerprint density at radius 1 is 1.20 bits per heavy atom. The summed E-state index contributed by atoms with van der Waals surface area (Å²) in [6.45, 7) is 0. The third-order valence-electron chi connectivity index (χ3n) is 1.88. The van der Waals surface area contributed by atoms with Gasteiger partial charge in [0, 0.05) is 11.6 Å². The summed E-state index contributed by atoms with van der Waals surface area (Å²) in [5.41, 5.74) is 1.01. The Morgan fingerprint density at radius 2 is 1.87 bits per heavy atom. The summed E-state index contributed by atoms with van der Waals surface area (Å²) in [4.78, 5) is 14.8. The molecule has 0 atom stereocenters. The molecule has 0 radical (unpaired) electrons. The lowest BCUT2D eigenvalue weighted by atomic mass is 10.1. The number of hydrogen-bond donors (Lipinski definition) is 3. The molecule has 1 aromatic carbocycles. The molecule has 2 aromatic rings. The first-order chi connectivity index (χ1) is 7.29. The van der Waals surface area contributed by atoms with E-state index >= 15 is 0 Å². The van der Waals surface area contributed by atoms with Crippen LogP contribution in [0.3, 0.4) is 0 Å². The van der Waals surface area contributed by atoms with Crippen LogP contribution in [0.15, 0.2) is 36.5 Å². The number of hydrogen-bond acceptors (Lipinski definition) is 4. The summed E-state index contributed by atoms with van der Waals surface area (Å²) in [5.74, 6) is 7.08. The van der Waals surface area contributed by atoms with Crippen molar-refractivity contribution < 1.29 is 9.90 Å². The van der Waals surface area contributed by atoms with Gasteiger partial charge >= 0.3 is 5.97 Å². The molecule has 0 unspecified atom stereocenters. The van der Waals surface area contributed by atoms with E-state index in [2.05, 4.69) is 16.7 Å². The van der Waals surface area contributed by atoms with Gasteiger partial charge in [-0.1, -0.05) is 18.2 Å². The summed E-state index contributed by atoms with van der Waals surface area (Å²) in [6, 6.07) is 8.69. The zero-order valence-electron chi connectivity index (χ0n) is 7.92. The summed E-state index contributed by atoms with van der Waals surface area (Å²) in [7, 11) is 0. The minimum atomic E-state index is -0.918. The molecule has 0 aliphatic carbocycles. The minimum Gasteiger partial charge on any atom is -0.478 e. The predicted molar refractivity (Wildman–Crippen MR) is 57.1 cm³/mol. The third kappa shape index (κ3) is 2.28. The van der Waals surface area contributed by atoms with E-state index in [4.69, 9.17) is 5.11 Å². The third-order valence-corrected chi connectivity index (χ3v) is 1.88. The molecule has 0 saturated carbocycles. The lowest BCUT2D eigenvalue weighted by Gasteiger charge is -1.99. The highest BCUT2D eigenvalue weighted by Crippen LogP contribution is 2.15. The van der Waals surface area contributed by atoms with Gasteiger partial charge in [-0.05, 0) is 12.1 Å². The molecule has 2 rings (SSSR count). The van der Waals surface area contributed by atoms with Crippen LogP contribution in [-0.2, 0) is 0 Å². The maximum atomic E-state index is 10.8. The second-order valence-electron chi connectivity index (χ2n) is 2.68. The van der Waals surface area contributed by atoms with E-state index in [0.717, 1.165) is 0 Å². The summed E-state index contributed by atoms with van der Waals surface area (Å²) >= 11 is 0. The fraction of sp³-hybridized carbons (Fsp3) is 0. The Bertz CT molecular complexity index is 466. The van der Waals surface area contributed by atoms with Crippen molar-refractivity contribution in [3.8, 4) is 0 Å². The Hall–Kier alpha value is -1.98. The van der Waals surface area contributed by atoms with Crippen molar-refractivity contribution in [2.75, 3.05) is 0 Å². The minimum absolute atomic E-state index is 0.297. The summed E-state index contributed by atoms with van der Waals surface area (Å²) in [5, 5.41) is 9.53. The number of benzene rings is 1. The Balaban J connectivity index is 0.000000531. The number of nitrogens with zero attached hydrogens (tertiary/aromatic N) is 1. The zero-order valence-corrected chi connectivity index (χ0v) is 7.92. The summed E-state index contributed by atoms with van der Waals surface area (Å²) in [6.07, 6.45) is 1.51. The van der Waals surface area contributed by atoms with E-state index in [1.807, 2.05) is 6.07 Å². The molecular formula is C10H11N3O2. The number of carboxylic acids is 1. The maximum absolute atomic E-state index is 10.8. The SMILES string of the molecule is NN.O=C(O)c1ccnc2ccccc12. The Kier molecular flexibility index (Phi) is 3.73. The van der Waals surface area contributed by atoms with Crippen LogP contribution in [0.2, 0.25) is 0 Å². The van der Waals surface area contributed by atoms with E-state index in [1.165, 1.54) is 12.3 Å². The number of rotatable bonds is 1. The van der Waals surface area contributed by atoms with Crippen LogP contribution in [0.25, 0.3) is 10.9 Å². The Labute approximate surface area is 86.3 Å². The van der Waals surface area contributed by atoms with Gasteiger partial charge in [0.2, 0.25) is 0 Å². The maximum Gasteiger partial charge on any atom is 0.336 e. The average Bonchev–Trinajstić information content (AvgIpc) is 2.31. The molecule has 0 saturated heterocycles. The van der Waals surface area contributed by atoms with E-state index in [-0.39, 0.29) is 0 Å². The Morgan fingerprint density at radius 3 is 2.53 bits per heavy atom. The molecule has 5 nitrogen and oxygen atoms in total. The molecule has 5 heteroatoms. The molecule has 5 N–H and O–H groups in total. The van der Waals surface area contributed by atoms with Crippen molar-refractivity contribution in [3.63, 3.8) is 0 Å². The molecule has 1 aromatic heterocycles. The fourth-order valence-electron chi connectivity index (χ4n) is 1.28. The van der Waals surface area contributed by atoms with Gasteiger partial charge < -0.3 is 5.11 Å². The average molecular weight is 205 g/mol. The van der Waals surface area contributed by atoms with Crippen molar-refractivity contribution in [1.29, 1.82) is 0 Å². The van der Waals surface area contributed by atoms with Crippen LogP contribution in [-0.4, -0.2) is 16.1 Å². The van der Waals surface area contributed by atoms with E-state index in [0.29, 0.717) is 16.5 Å². The molecule has 0 bridgehead atoms. The fourth-order valence-corrected chi connectivity index (χ4v) is 1.28. The van der Waals surface area contributed by atoms with Gasteiger partial charge in [0.1, 0.15) is 0 Å². The number of pyridine rings is 1. The first kappa shape index (κ1) is 11.1. The first-order valence-electron chi connectivity index (χ1n) is 4.19. The van der Waals surface area contributed by atoms with Crippen LogP contribution in [0, 0.1) is 0 Å². The molecule has 0 amide bonds. The number of fused-ring (bicyclic) bond motifs is 1. The van der Waals surface area contributed by atoms with Crippen molar-refractivity contribution in [1.82, 2.24) is 4.98 Å². The number of carbonyl (C=O) groups is 1. The monoisotopic (exact) mass is 205 g/mol. The second kappa shape index (κ2) is 5.04. The lowest BCUT2D eigenvalue weighted by Crippen LogP contribution is -2.02. The van der Waals surface area contributed by atoms with Crippen LogP contribution in [0.4, 0.5) is 0 Å². The number of aromatic carboxylic acids is 1. The molecule has 0 aliphatic rings. The van der Waals surface area contributed by atoms with Crippen molar-refractivity contribution in [2.24, 2.45) is 11.7 Å². The van der Waals surface area contributed by atoms with E-state index < -0.39 is 5.97 Å². The van der Waals surface area contributed by atoms with Crippen molar-refractivity contribution >= 4 is 16.9 Å². The smallest absolute Gasteiger partial charge is 0.336 e. The van der Waals surface area contributed by atoms with Crippen molar-refractivity contribution in [2.45, 2.75) is 0 Å². The number of carboxylic acid groups (broad SMARTS) is 1. The molecule has 0 fully saturated rings. The number of para-hydroxylation sites is 1. The molecular weight excluding hydrogens is 194 g/mol. The standard InChI is InChI=1S/C10H7NO2.H4N2/c12-10(13)8-5-6-11-9-4-2-1-3-7(8)9;1-2/h1-6H,(H,12,13);1-2H2. The second-order valence-corrected chi connectivity index (χ2v) is 2.68. The summed E-state index contributed by atoms with van der Waals surface area (Å²) < 4.78 is 0. The molecule has 15 heavy (non-hydrogen) atoms. The first-order valence-corrected chi connectivity index (χ1v) is 4.19.